The van der Waals surface area contributed by atoms with Crippen molar-refractivity contribution in [1.82, 2.24) is 9.55 Å². The molecule has 1 aliphatic rings. The summed E-state index contributed by atoms with van der Waals surface area (Å²) in [5.41, 5.74) is 6.10. The van der Waals surface area contributed by atoms with Gasteiger partial charge in [-0.2, -0.15) is 0 Å². The van der Waals surface area contributed by atoms with Gasteiger partial charge >= 0.3 is 0 Å². The van der Waals surface area contributed by atoms with E-state index in [0.717, 1.165) is 21.7 Å². The standard InChI is InChI=1S/C16H13ClN2S/c17-12-5-7-15-14(9-12)18-16(20)19(15)13-6-4-10-2-1-3-11(10)8-13/h4-9H,1-3H2,(H,18,20). The molecule has 20 heavy (non-hydrogen) atoms. The fourth-order valence-corrected chi connectivity index (χ4v) is 3.52. The Labute approximate surface area is 127 Å². The molecule has 2 aromatic carbocycles. The molecule has 4 heteroatoms. The summed E-state index contributed by atoms with van der Waals surface area (Å²) >= 11 is 11.5. The van der Waals surface area contributed by atoms with Crippen molar-refractivity contribution < 1.29 is 0 Å². The van der Waals surface area contributed by atoms with E-state index in [4.69, 9.17) is 23.8 Å². The predicted molar refractivity (Wildman–Crippen MR) is 85.5 cm³/mol. The molecular formula is C16H13ClN2S. The maximum absolute atomic E-state index is 6.04. The van der Waals surface area contributed by atoms with Crippen LogP contribution in [-0.2, 0) is 12.8 Å². The van der Waals surface area contributed by atoms with Crippen molar-refractivity contribution in [3.8, 4) is 5.69 Å². The minimum absolute atomic E-state index is 0.709. The third-order valence-electron chi connectivity index (χ3n) is 3.98. The quantitative estimate of drug-likeness (QED) is 0.638. The molecule has 0 radical (unpaired) electrons. The number of halogens is 1. The number of nitrogens with one attached hydrogen (secondary N) is 1. The SMILES string of the molecule is S=c1[nH]c2cc(Cl)ccc2n1-c1ccc2c(c1)CCC2. The minimum atomic E-state index is 0.709. The molecule has 3 aromatic rings. The van der Waals surface area contributed by atoms with E-state index in [2.05, 4.69) is 27.8 Å². The first-order valence-corrected chi connectivity index (χ1v) is 7.53. The van der Waals surface area contributed by atoms with E-state index in [-0.39, 0.29) is 0 Å². The van der Waals surface area contributed by atoms with Gasteiger partial charge < -0.3 is 4.98 Å². The third-order valence-corrected chi connectivity index (χ3v) is 4.50. The Morgan fingerprint density at radius 1 is 1.05 bits per heavy atom. The first-order chi connectivity index (χ1) is 9.72. The number of fused-ring (bicyclic) bond motifs is 2. The Morgan fingerprint density at radius 3 is 2.80 bits per heavy atom. The fourth-order valence-electron chi connectivity index (χ4n) is 3.04. The van der Waals surface area contributed by atoms with Gasteiger partial charge in [-0.05, 0) is 72.9 Å². The molecule has 1 aliphatic carbocycles. The van der Waals surface area contributed by atoms with Gasteiger partial charge in [0.2, 0.25) is 0 Å². The summed E-state index contributed by atoms with van der Waals surface area (Å²) < 4.78 is 2.79. The number of aromatic nitrogens is 2. The smallest absolute Gasteiger partial charge is 0.182 e. The lowest BCUT2D eigenvalue weighted by molar-refractivity contribution is 0.911. The largest absolute Gasteiger partial charge is 0.330 e. The summed E-state index contributed by atoms with van der Waals surface area (Å²) in [6.45, 7) is 0. The molecule has 0 spiro atoms. The fraction of sp³-hybridized carbons (Fsp3) is 0.188. The molecule has 1 heterocycles. The van der Waals surface area contributed by atoms with Gasteiger partial charge in [0.05, 0.1) is 11.0 Å². The van der Waals surface area contributed by atoms with Crippen molar-refractivity contribution in [3.63, 3.8) is 0 Å². The zero-order valence-corrected chi connectivity index (χ0v) is 12.4. The summed E-state index contributed by atoms with van der Waals surface area (Å²) in [4.78, 5) is 3.23. The van der Waals surface area contributed by atoms with E-state index in [9.17, 15) is 0 Å². The number of H-pyrrole nitrogens is 1. The normalized spacial score (nSPS) is 13.8. The summed E-state index contributed by atoms with van der Waals surface area (Å²) in [5.74, 6) is 0. The van der Waals surface area contributed by atoms with Gasteiger partial charge in [0.25, 0.3) is 0 Å². The Morgan fingerprint density at radius 2 is 1.90 bits per heavy atom. The highest BCUT2D eigenvalue weighted by molar-refractivity contribution is 7.71. The van der Waals surface area contributed by atoms with Crippen LogP contribution < -0.4 is 0 Å². The monoisotopic (exact) mass is 300 g/mol. The molecule has 0 unspecified atom stereocenters. The first kappa shape index (κ1) is 12.2. The van der Waals surface area contributed by atoms with Crippen molar-refractivity contribution in [1.29, 1.82) is 0 Å². The van der Waals surface area contributed by atoms with E-state index < -0.39 is 0 Å². The van der Waals surface area contributed by atoms with Gasteiger partial charge in [-0.15, -0.1) is 0 Å². The highest BCUT2D eigenvalue weighted by Crippen LogP contribution is 2.27. The van der Waals surface area contributed by atoms with E-state index in [0.29, 0.717) is 4.77 Å². The van der Waals surface area contributed by atoms with Crippen LogP contribution in [0.3, 0.4) is 0 Å². The van der Waals surface area contributed by atoms with Crippen LogP contribution in [0.5, 0.6) is 0 Å². The highest BCUT2D eigenvalue weighted by atomic mass is 35.5. The highest BCUT2D eigenvalue weighted by Gasteiger charge is 2.13. The lowest BCUT2D eigenvalue weighted by Gasteiger charge is -2.07. The summed E-state index contributed by atoms with van der Waals surface area (Å²) in [7, 11) is 0. The minimum Gasteiger partial charge on any atom is -0.330 e. The van der Waals surface area contributed by atoms with Gasteiger partial charge in [0.15, 0.2) is 4.77 Å². The third kappa shape index (κ3) is 1.81. The van der Waals surface area contributed by atoms with E-state index in [1.54, 1.807) is 0 Å². The molecular weight excluding hydrogens is 288 g/mol. The van der Waals surface area contributed by atoms with Crippen LogP contribution in [0.2, 0.25) is 5.02 Å². The molecule has 1 N–H and O–H groups in total. The lowest BCUT2D eigenvalue weighted by atomic mass is 10.1. The van der Waals surface area contributed by atoms with Crippen molar-refractivity contribution in [3.05, 3.63) is 57.3 Å². The zero-order chi connectivity index (χ0) is 13.7. The Bertz CT molecular complexity index is 876. The summed E-state index contributed by atoms with van der Waals surface area (Å²) in [6.07, 6.45) is 3.63. The molecule has 0 atom stereocenters. The number of aryl methyl sites for hydroxylation is 2. The molecule has 4 rings (SSSR count). The van der Waals surface area contributed by atoms with Crippen molar-refractivity contribution >= 4 is 34.9 Å². The number of nitrogens with zero attached hydrogens (tertiary/aromatic N) is 1. The van der Waals surface area contributed by atoms with Gasteiger partial charge in [-0.3, -0.25) is 4.57 Å². The van der Waals surface area contributed by atoms with Gasteiger partial charge in [0, 0.05) is 10.7 Å². The summed E-state index contributed by atoms with van der Waals surface area (Å²) in [6, 6.07) is 12.5. The van der Waals surface area contributed by atoms with Crippen LogP contribution in [0.4, 0.5) is 0 Å². The Hall–Kier alpha value is -1.58. The topological polar surface area (TPSA) is 20.7 Å². The lowest BCUT2D eigenvalue weighted by Crippen LogP contribution is -1.95. The van der Waals surface area contributed by atoms with E-state index in [1.807, 2.05) is 18.2 Å². The summed E-state index contributed by atoms with van der Waals surface area (Å²) in [5, 5.41) is 0.717. The zero-order valence-electron chi connectivity index (χ0n) is 10.8. The van der Waals surface area contributed by atoms with Crippen molar-refractivity contribution in [2.75, 3.05) is 0 Å². The van der Waals surface area contributed by atoms with Crippen LogP contribution in [0, 0.1) is 4.77 Å². The number of imidazole rings is 1. The van der Waals surface area contributed by atoms with Crippen molar-refractivity contribution in [2.45, 2.75) is 19.3 Å². The molecule has 1 aromatic heterocycles. The molecule has 0 aliphatic heterocycles. The van der Waals surface area contributed by atoms with E-state index >= 15 is 0 Å². The number of rotatable bonds is 1. The maximum atomic E-state index is 6.04. The molecule has 100 valence electrons. The van der Waals surface area contributed by atoms with E-state index in [1.165, 1.54) is 30.4 Å². The van der Waals surface area contributed by atoms with Crippen LogP contribution in [0.25, 0.3) is 16.7 Å². The second-order valence-electron chi connectivity index (χ2n) is 5.23. The number of aromatic amines is 1. The molecule has 0 saturated heterocycles. The maximum Gasteiger partial charge on any atom is 0.182 e. The molecule has 2 nitrogen and oxygen atoms in total. The Kier molecular flexibility index (Phi) is 2.72. The number of hydrogen-bond donors (Lipinski definition) is 1. The second kappa shape index (κ2) is 4.47. The van der Waals surface area contributed by atoms with Gasteiger partial charge in [0.1, 0.15) is 0 Å². The predicted octanol–water partition coefficient (Wildman–Crippen LogP) is 4.83. The van der Waals surface area contributed by atoms with Crippen LogP contribution in [0.15, 0.2) is 36.4 Å². The average Bonchev–Trinajstić information content (AvgIpc) is 3.00. The number of hydrogen-bond acceptors (Lipinski definition) is 1. The first-order valence-electron chi connectivity index (χ1n) is 6.75. The van der Waals surface area contributed by atoms with Crippen LogP contribution in [-0.4, -0.2) is 9.55 Å². The molecule has 0 amide bonds. The van der Waals surface area contributed by atoms with Crippen molar-refractivity contribution in [2.24, 2.45) is 0 Å². The molecule has 0 bridgehead atoms. The second-order valence-corrected chi connectivity index (χ2v) is 6.06. The van der Waals surface area contributed by atoms with Gasteiger partial charge in [-0.1, -0.05) is 17.7 Å². The molecule has 0 saturated carbocycles. The Balaban J connectivity index is 1.98. The van der Waals surface area contributed by atoms with Gasteiger partial charge in [-0.25, -0.2) is 0 Å². The average molecular weight is 301 g/mol. The molecule has 0 fully saturated rings. The van der Waals surface area contributed by atoms with Crippen LogP contribution in [0.1, 0.15) is 17.5 Å². The number of benzene rings is 2. The van der Waals surface area contributed by atoms with Crippen LogP contribution >= 0.6 is 23.8 Å².